The summed E-state index contributed by atoms with van der Waals surface area (Å²) in [5.41, 5.74) is 0.801. The topological polar surface area (TPSA) is 67.6 Å². The van der Waals surface area contributed by atoms with Crippen LogP contribution in [0.1, 0.15) is 16.8 Å². The number of ether oxygens (including phenoxy) is 2. The zero-order chi connectivity index (χ0) is 18.0. The number of rotatable bonds is 5. The molecule has 1 atom stereocenters. The van der Waals surface area contributed by atoms with Gasteiger partial charge in [0.25, 0.3) is 5.91 Å². The highest BCUT2D eigenvalue weighted by atomic mass is 35.5. The molecule has 1 aliphatic rings. The highest BCUT2D eigenvalue weighted by Gasteiger charge is 2.40. The number of carbonyl (C=O) groups excluding carboxylic acids is 1. The second-order valence-corrected chi connectivity index (χ2v) is 6.31. The number of hydrogen-bond acceptors (Lipinski definition) is 4. The van der Waals surface area contributed by atoms with Gasteiger partial charge in [0.2, 0.25) is 5.75 Å². The number of nitrogens with one attached hydrogen (secondary N) is 1. The fourth-order valence-corrected chi connectivity index (χ4v) is 3.05. The molecule has 1 amide bonds. The summed E-state index contributed by atoms with van der Waals surface area (Å²) in [6, 6.07) is 9.60. The summed E-state index contributed by atoms with van der Waals surface area (Å²) < 4.78 is 11.5. The van der Waals surface area contributed by atoms with Crippen molar-refractivity contribution in [2.45, 2.75) is 12.6 Å². The molecule has 1 unspecified atom stereocenters. The number of amides is 1. The molecular formula is C17H15Cl2N2O4+. The van der Waals surface area contributed by atoms with Crippen LogP contribution >= 0.6 is 23.2 Å². The summed E-state index contributed by atoms with van der Waals surface area (Å²) in [4.78, 5) is 24.4. The minimum absolute atomic E-state index is 0.261. The van der Waals surface area contributed by atoms with Crippen LogP contribution in [0.5, 0.6) is 11.5 Å². The number of nitrogens with zero attached hydrogens (tertiary/aromatic N) is 1. The molecular weight excluding hydrogens is 367 g/mol. The van der Waals surface area contributed by atoms with Crippen molar-refractivity contribution in [3.8, 4) is 11.5 Å². The van der Waals surface area contributed by atoms with Crippen LogP contribution in [0.2, 0.25) is 10.0 Å². The van der Waals surface area contributed by atoms with Gasteiger partial charge in [0, 0.05) is 39.2 Å². The molecule has 1 N–H and O–H groups in total. The monoisotopic (exact) mass is 381 g/mol. The Kier molecular flexibility index (Phi) is 5.11. The van der Waals surface area contributed by atoms with Crippen LogP contribution in [0.25, 0.3) is 0 Å². The Morgan fingerprint density at radius 2 is 1.96 bits per heavy atom. The lowest BCUT2D eigenvalue weighted by Crippen LogP contribution is -2.30. The lowest BCUT2D eigenvalue weighted by molar-refractivity contribution is -0.529. The van der Waals surface area contributed by atoms with E-state index < -0.39 is 6.23 Å². The fraction of sp³-hybridized carbons (Fsp3) is 0.235. The molecule has 3 rings (SSSR count). The summed E-state index contributed by atoms with van der Waals surface area (Å²) >= 11 is 11.8. The van der Waals surface area contributed by atoms with Crippen LogP contribution in [0.4, 0.5) is 5.69 Å². The predicted molar refractivity (Wildman–Crippen MR) is 94.1 cm³/mol. The average molecular weight is 382 g/mol. The van der Waals surface area contributed by atoms with Crippen molar-refractivity contribution >= 4 is 34.8 Å². The van der Waals surface area contributed by atoms with Gasteiger partial charge in [0.15, 0.2) is 0 Å². The Morgan fingerprint density at radius 1 is 1.24 bits per heavy atom. The molecule has 25 heavy (non-hydrogen) atoms. The van der Waals surface area contributed by atoms with Crippen molar-refractivity contribution in [3.63, 3.8) is 0 Å². The first kappa shape index (κ1) is 17.5. The molecule has 0 bridgehead atoms. The number of carbonyl (C=O) groups is 1. The smallest absolute Gasteiger partial charge is 0.352 e. The minimum atomic E-state index is -0.703. The summed E-state index contributed by atoms with van der Waals surface area (Å²) in [6.07, 6.45) is -0.383. The van der Waals surface area contributed by atoms with E-state index in [2.05, 4.69) is 5.32 Å². The Morgan fingerprint density at radius 3 is 2.64 bits per heavy atom. The van der Waals surface area contributed by atoms with Gasteiger partial charge in [-0.15, -0.1) is 0 Å². The summed E-state index contributed by atoms with van der Waals surface area (Å²) in [5.74, 6) is 0.755. The third-order valence-corrected chi connectivity index (χ3v) is 4.17. The number of nitroso groups, excluding NO2 is 1. The lowest BCUT2D eigenvalue weighted by Gasteiger charge is -2.07. The van der Waals surface area contributed by atoms with Gasteiger partial charge in [-0.2, -0.15) is 0 Å². The zero-order valence-electron chi connectivity index (χ0n) is 13.3. The molecule has 2 aromatic carbocycles. The molecule has 130 valence electrons. The normalized spacial score (nSPS) is 15.5. The van der Waals surface area contributed by atoms with Crippen LogP contribution in [0, 0.1) is 4.91 Å². The molecule has 0 radical (unpaired) electrons. The van der Waals surface area contributed by atoms with Crippen LogP contribution < -0.4 is 14.8 Å². The number of benzene rings is 2. The van der Waals surface area contributed by atoms with Crippen molar-refractivity contribution in [1.29, 1.82) is 0 Å². The molecule has 1 aliphatic heterocycles. The highest BCUT2D eigenvalue weighted by molar-refractivity contribution is 6.35. The molecule has 0 fully saturated rings. The first-order valence-electron chi connectivity index (χ1n) is 7.53. The molecule has 8 heteroatoms. The summed E-state index contributed by atoms with van der Waals surface area (Å²) in [7, 11) is 1.54. The Hall–Kier alpha value is -2.31. The molecule has 0 saturated carbocycles. The van der Waals surface area contributed by atoms with E-state index in [0.717, 1.165) is 4.76 Å². The summed E-state index contributed by atoms with van der Waals surface area (Å²) in [6.45, 7) is 0.261. The molecule has 0 aromatic heterocycles. The number of fused-ring (bicyclic) bond motifs is 1. The Labute approximate surface area is 154 Å². The quantitative estimate of drug-likeness (QED) is 0.796. The minimum Gasteiger partial charge on any atom is -0.497 e. The van der Waals surface area contributed by atoms with E-state index in [9.17, 15) is 9.70 Å². The SMILES string of the molecule is COc1ccc2c(c1)OC(CCNC(=O)c1cc(Cl)cc(Cl)c1)[N+]2=O. The molecule has 2 aromatic rings. The zero-order valence-corrected chi connectivity index (χ0v) is 14.8. The molecule has 0 saturated heterocycles. The molecule has 6 nitrogen and oxygen atoms in total. The number of methoxy groups -OCH3 is 1. The second kappa shape index (κ2) is 7.29. The first-order valence-corrected chi connectivity index (χ1v) is 8.29. The maximum absolute atomic E-state index is 12.2. The van der Waals surface area contributed by atoms with Gasteiger partial charge in [-0.25, -0.2) is 0 Å². The van der Waals surface area contributed by atoms with Gasteiger partial charge < -0.3 is 14.8 Å². The highest BCUT2D eigenvalue weighted by Crippen LogP contribution is 2.38. The van der Waals surface area contributed by atoms with Crippen molar-refractivity contribution in [1.82, 2.24) is 5.32 Å². The van der Waals surface area contributed by atoms with E-state index in [1.54, 1.807) is 31.4 Å². The van der Waals surface area contributed by atoms with Gasteiger partial charge >= 0.3 is 11.9 Å². The van der Waals surface area contributed by atoms with Crippen molar-refractivity contribution in [2.24, 2.45) is 0 Å². The third-order valence-electron chi connectivity index (χ3n) is 3.73. The predicted octanol–water partition coefficient (Wildman–Crippen LogP) is 3.95. The Bertz CT molecular complexity index is 821. The second-order valence-electron chi connectivity index (χ2n) is 5.43. The van der Waals surface area contributed by atoms with Crippen molar-refractivity contribution in [2.75, 3.05) is 13.7 Å². The van der Waals surface area contributed by atoms with E-state index in [1.807, 2.05) is 0 Å². The largest absolute Gasteiger partial charge is 0.497 e. The Balaban J connectivity index is 1.58. The van der Waals surface area contributed by atoms with E-state index in [-0.39, 0.29) is 12.5 Å². The molecule has 1 heterocycles. The first-order chi connectivity index (χ1) is 12.0. The maximum atomic E-state index is 12.2. The van der Waals surface area contributed by atoms with Crippen molar-refractivity contribution in [3.05, 3.63) is 56.9 Å². The van der Waals surface area contributed by atoms with E-state index >= 15 is 0 Å². The van der Waals surface area contributed by atoms with Crippen molar-refractivity contribution < 1.29 is 19.0 Å². The van der Waals surface area contributed by atoms with Crippen LogP contribution in [0.3, 0.4) is 0 Å². The van der Waals surface area contributed by atoms with Crippen LogP contribution in [0.15, 0.2) is 36.4 Å². The van der Waals surface area contributed by atoms with Crippen LogP contribution in [-0.4, -0.2) is 30.5 Å². The molecule has 0 spiro atoms. The van der Waals surface area contributed by atoms with Gasteiger partial charge in [0.1, 0.15) is 5.75 Å². The number of halogens is 2. The van der Waals surface area contributed by atoms with E-state index in [4.69, 9.17) is 32.7 Å². The van der Waals surface area contributed by atoms with Gasteiger partial charge in [-0.1, -0.05) is 23.2 Å². The third kappa shape index (κ3) is 3.86. The van der Waals surface area contributed by atoms with E-state index in [0.29, 0.717) is 39.2 Å². The fourth-order valence-electron chi connectivity index (χ4n) is 2.52. The van der Waals surface area contributed by atoms with Gasteiger partial charge in [0.05, 0.1) is 18.3 Å². The van der Waals surface area contributed by atoms with Gasteiger partial charge in [-0.05, 0) is 24.3 Å². The van der Waals surface area contributed by atoms with Crippen LogP contribution in [-0.2, 0) is 0 Å². The maximum Gasteiger partial charge on any atom is 0.352 e. The summed E-state index contributed by atoms with van der Waals surface area (Å²) in [5, 5.41) is 3.49. The standard InChI is InChI=1S/C17H14Cl2N2O4/c1-24-13-2-3-14-15(9-13)25-16(21(14)23)4-5-20-17(22)10-6-11(18)8-12(19)7-10/h2-3,6-9,16H,4-5H2,1H3/p+1. The van der Waals surface area contributed by atoms with Gasteiger partial charge in [-0.3, -0.25) is 4.79 Å². The molecule has 0 aliphatic carbocycles. The van der Waals surface area contributed by atoms with E-state index in [1.165, 1.54) is 12.1 Å². The average Bonchev–Trinajstić information content (AvgIpc) is 2.89. The number of hydrogen-bond donors (Lipinski definition) is 1. The lowest BCUT2D eigenvalue weighted by atomic mass is 10.2.